The van der Waals surface area contributed by atoms with Crippen LogP contribution in [0, 0.1) is 11.8 Å². The second kappa shape index (κ2) is 10.0. The van der Waals surface area contributed by atoms with Crippen LogP contribution in [0.2, 0.25) is 0 Å². The Morgan fingerprint density at radius 2 is 1.89 bits per heavy atom. The largest absolute Gasteiger partial charge is 0.437 e. The van der Waals surface area contributed by atoms with E-state index in [-0.39, 0.29) is 23.6 Å². The number of benzene rings is 1. The number of rotatable bonds is 9. The summed E-state index contributed by atoms with van der Waals surface area (Å²) >= 11 is 0. The summed E-state index contributed by atoms with van der Waals surface area (Å²) in [5.74, 6) is -0.605. The van der Waals surface area contributed by atoms with Crippen molar-refractivity contribution in [2.75, 3.05) is 0 Å². The van der Waals surface area contributed by atoms with Crippen molar-refractivity contribution < 1.29 is 14.3 Å². The third-order valence-electron chi connectivity index (χ3n) is 4.07. The van der Waals surface area contributed by atoms with Crippen molar-refractivity contribution in [3.05, 3.63) is 58.4 Å². The molecule has 2 N–H and O–H groups in total. The van der Waals surface area contributed by atoms with Crippen LogP contribution >= 0.6 is 0 Å². The zero-order valence-electron chi connectivity index (χ0n) is 16.8. The maximum Gasteiger partial charge on any atom is 0.437 e. The highest BCUT2D eigenvalue weighted by atomic mass is 16.4. The minimum absolute atomic E-state index is 0.0800. The molecule has 2 unspecified atom stereocenters. The first-order valence-corrected chi connectivity index (χ1v) is 9.55. The molecule has 28 heavy (non-hydrogen) atoms. The summed E-state index contributed by atoms with van der Waals surface area (Å²) in [6, 6.07) is 8.83. The summed E-state index contributed by atoms with van der Waals surface area (Å²) in [6.45, 7) is 8.28. The Morgan fingerprint density at radius 1 is 1.21 bits per heavy atom. The van der Waals surface area contributed by atoms with Gasteiger partial charge >= 0.3 is 5.76 Å². The topological polar surface area (TPSA) is 97.4 Å². The fourth-order valence-electron chi connectivity index (χ4n) is 2.82. The van der Waals surface area contributed by atoms with Crippen LogP contribution in [0.15, 0.2) is 45.6 Å². The van der Waals surface area contributed by atoms with Gasteiger partial charge in [-0.25, -0.2) is 4.79 Å². The summed E-state index contributed by atoms with van der Waals surface area (Å²) in [5.41, 5.74) is 0.900. The second-order valence-corrected chi connectivity index (χ2v) is 7.72. The zero-order chi connectivity index (χ0) is 20.7. The van der Waals surface area contributed by atoms with Crippen LogP contribution in [0.5, 0.6) is 0 Å². The number of nitrogens with zero attached hydrogens (tertiary/aromatic N) is 2. The van der Waals surface area contributed by atoms with Gasteiger partial charge in [-0.3, -0.25) is 4.79 Å². The molecule has 0 aliphatic heterocycles. The van der Waals surface area contributed by atoms with Crippen LogP contribution in [0.4, 0.5) is 0 Å². The molecule has 1 aromatic carbocycles. The molecule has 0 aliphatic carbocycles. The molecule has 7 heteroatoms. The van der Waals surface area contributed by atoms with Gasteiger partial charge in [0.2, 0.25) is 11.8 Å². The third kappa shape index (κ3) is 6.49. The molecule has 0 spiro atoms. The van der Waals surface area contributed by atoms with Crippen LogP contribution in [0.1, 0.15) is 51.7 Å². The van der Waals surface area contributed by atoms with Gasteiger partial charge < -0.3 is 14.8 Å². The Bertz CT molecular complexity index is 837. The van der Waals surface area contributed by atoms with Gasteiger partial charge in [0.25, 0.3) is 0 Å². The summed E-state index contributed by atoms with van der Waals surface area (Å²) in [6.07, 6.45) is 2.42. The van der Waals surface area contributed by atoms with Crippen molar-refractivity contribution in [2.45, 2.75) is 52.8 Å². The molecule has 1 aromatic heterocycles. The molecule has 0 aliphatic rings. The SMILES string of the molecule is CC(C)CC(NC(=O)C=Cc1ccccc1)C(O)c1nn(CC(C)C)c(=O)o1. The molecule has 7 nitrogen and oxygen atoms in total. The number of aliphatic hydroxyl groups excluding tert-OH is 1. The number of aliphatic hydroxyl groups is 1. The lowest BCUT2D eigenvalue weighted by Crippen LogP contribution is -2.39. The first kappa shape index (κ1) is 21.6. The van der Waals surface area contributed by atoms with E-state index in [0.717, 1.165) is 5.56 Å². The molecule has 0 radical (unpaired) electrons. The standard InChI is InChI=1S/C21H29N3O4/c1-14(2)12-17(22-18(25)11-10-16-8-6-5-7-9-16)19(26)20-23-24(13-15(3)4)21(27)28-20/h5-11,14-15,17,19,26H,12-13H2,1-4H3,(H,22,25). The number of hydrogen-bond acceptors (Lipinski definition) is 5. The zero-order valence-corrected chi connectivity index (χ0v) is 16.8. The minimum Gasteiger partial charge on any atom is -0.389 e. The number of aromatic nitrogens is 2. The first-order valence-electron chi connectivity index (χ1n) is 9.55. The van der Waals surface area contributed by atoms with Gasteiger partial charge in [-0.15, -0.1) is 5.10 Å². The molecule has 0 saturated carbocycles. The quantitative estimate of drug-likeness (QED) is 0.645. The van der Waals surface area contributed by atoms with Crippen LogP contribution < -0.4 is 11.1 Å². The molecule has 0 fully saturated rings. The molecule has 2 rings (SSSR count). The lowest BCUT2D eigenvalue weighted by atomic mass is 9.99. The Kier molecular flexibility index (Phi) is 7.75. The number of hydrogen-bond donors (Lipinski definition) is 2. The van der Waals surface area contributed by atoms with Crippen LogP contribution in [0.25, 0.3) is 6.08 Å². The van der Waals surface area contributed by atoms with Gasteiger partial charge in [0, 0.05) is 6.08 Å². The molecule has 2 aromatic rings. The van der Waals surface area contributed by atoms with Crippen molar-refractivity contribution in [1.29, 1.82) is 0 Å². The van der Waals surface area contributed by atoms with Gasteiger partial charge in [0.05, 0.1) is 12.6 Å². The highest BCUT2D eigenvalue weighted by molar-refractivity contribution is 5.91. The Hall–Kier alpha value is -2.67. The highest BCUT2D eigenvalue weighted by Gasteiger charge is 2.28. The van der Waals surface area contributed by atoms with E-state index in [0.29, 0.717) is 13.0 Å². The van der Waals surface area contributed by atoms with Gasteiger partial charge in [-0.1, -0.05) is 58.0 Å². The first-order chi connectivity index (χ1) is 13.3. The molecule has 0 saturated heterocycles. The van der Waals surface area contributed by atoms with Gasteiger partial charge in [-0.05, 0) is 29.9 Å². The van der Waals surface area contributed by atoms with Crippen molar-refractivity contribution in [1.82, 2.24) is 15.1 Å². The third-order valence-corrected chi connectivity index (χ3v) is 4.07. The maximum absolute atomic E-state index is 12.3. The van der Waals surface area contributed by atoms with Crippen molar-refractivity contribution in [3.63, 3.8) is 0 Å². The van der Waals surface area contributed by atoms with E-state index in [1.807, 2.05) is 58.0 Å². The van der Waals surface area contributed by atoms with E-state index in [2.05, 4.69) is 10.4 Å². The number of carbonyl (C=O) groups is 1. The lowest BCUT2D eigenvalue weighted by Gasteiger charge is -2.23. The van der Waals surface area contributed by atoms with Gasteiger partial charge in [0.15, 0.2) is 6.10 Å². The molecule has 1 heterocycles. The van der Waals surface area contributed by atoms with E-state index < -0.39 is 17.9 Å². The van der Waals surface area contributed by atoms with Crippen LogP contribution in [0.3, 0.4) is 0 Å². The average Bonchev–Trinajstić information content (AvgIpc) is 2.99. The van der Waals surface area contributed by atoms with Crippen molar-refractivity contribution in [2.24, 2.45) is 11.8 Å². The normalized spacial score (nSPS) is 14.0. The molecule has 2 atom stereocenters. The van der Waals surface area contributed by atoms with E-state index in [1.54, 1.807) is 6.08 Å². The molecular weight excluding hydrogens is 358 g/mol. The monoisotopic (exact) mass is 387 g/mol. The summed E-state index contributed by atoms with van der Waals surface area (Å²) in [5, 5.41) is 17.6. The molecule has 0 bridgehead atoms. The van der Waals surface area contributed by atoms with Crippen LogP contribution in [-0.2, 0) is 11.3 Å². The van der Waals surface area contributed by atoms with E-state index in [9.17, 15) is 14.7 Å². The van der Waals surface area contributed by atoms with Gasteiger partial charge in [-0.2, -0.15) is 4.68 Å². The smallest absolute Gasteiger partial charge is 0.389 e. The summed E-state index contributed by atoms with van der Waals surface area (Å²) < 4.78 is 6.33. The highest BCUT2D eigenvalue weighted by Crippen LogP contribution is 2.20. The Morgan fingerprint density at radius 3 is 2.50 bits per heavy atom. The number of nitrogens with one attached hydrogen (secondary N) is 1. The molecule has 152 valence electrons. The Labute approximate surface area is 165 Å². The predicted molar refractivity (Wildman–Crippen MR) is 107 cm³/mol. The predicted octanol–water partition coefficient (Wildman–Crippen LogP) is 2.77. The average molecular weight is 387 g/mol. The van der Waals surface area contributed by atoms with E-state index >= 15 is 0 Å². The van der Waals surface area contributed by atoms with Crippen molar-refractivity contribution >= 4 is 12.0 Å². The fraction of sp³-hybridized carbons (Fsp3) is 0.476. The van der Waals surface area contributed by atoms with Crippen molar-refractivity contribution in [3.8, 4) is 0 Å². The summed E-state index contributed by atoms with van der Waals surface area (Å²) in [4.78, 5) is 24.3. The second-order valence-electron chi connectivity index (χ2n) is 7.72. The van der Waals surface area contributed by atoms with Gasteiger partial charge in [0.1, 0.15) is 0 Å². The molecule has 1 amide bonds. The number of carbonyl (C=O) groups excluding carboxylic acids is 1. The summed E-state index contributed by atoms with van der Waals surface area (Å²) in [7, 11) is 0. The fourth-order valence-corrected chi connectivity index (χ4v) is 2.82. The maximum atomic E-state index is 12.3. The van der Waals surface area contributed by atoms with E-state index in [1.165, 1.54) is 10.8 Å². The minimum atomic E-state index is -1.21. The lowest BCUT2D eigenvalue weighted by molar-refractivity contribution is -0.118. The van der Waals surface area contributed by atoms with E-state index in [4.69, 9.17) is 4.42 Å². The Balaban J connectivity index is 2.12. The molecular formula is C21H29N3O4. The number of amides is 1. The van der Waals surface area contributed by atoms with Crippen LogP contribution in [-0.4, -0.2) is 26.8 Å².